The lowest BCUT2D eigenvalue weighted by atomic mass is 10.1. The first-order valence-corrected chi connectivity index (χ1v) is 8.37. The van der Waals surface area contributed by atoms with E-state index in [0.29, 0.717) is 13.0 Å². The molecule has 5 nitrogen and oxygen atoms in total. The summed E-state index contributed by atoms with van der Waals surface area (Å²) in [6, 6.07) is 7.86. The molecule has 0 atom stereocenters. The first-order valence-electron chi connectivity index (χ1n) is 7.99. The Morgan fingerprint density at radius 3 is 2.54 bits per heavy atom. The second kappa shape index (κ2) is 14.3. The minimum atomic E-state index is -0.165. The van der Waals surface area contributed by atoms with Crippen molar-refractivity contribution in [3.63, 3.8) is 0 Å². The van der Waals surface area contributed by atoms with Gasteiger partial charge >= 0.3 is 5.97 Å². The van der Waals surface area contributed by atoms with Crippen molar-refractivity contribution in [2.45, 2.75) is 32.6 Å². The van der Waals surface area contributed by atoms with E-state index in [1.54, 1.807) is 0 Å². The molecule has 1 rings (SSSR count). The SMILES string of the molecule is CCNC(=NCCCCC(=O)OC)NCCc1ccc(Cl)cc1.I. The Balaban J connectivity index is 0.00000529. The van der Waals surface area contributed by atoms with Crippen molar-refractivity contribution < 1.29 is 9.53 Å². The predicted octanol–water partition coefficient (Wildman–Crippen LogP) is 3.40. The highest BCUT2D eigenvalue weighted by molar-refractivity contribution is 14.0. The van der Waals surface area contributed by atoms with Gasteiger partial charge in [-0.05, 0) is 43.9 Å². The number of esters is 1. The lowest BCUT2D eigenvalue weighted by molar-refractivity contribution is -0.140. The van der Waals surface area contributed by atoms with Crippen LogP contribution >= 0.6 is 35.6 Å². The predicted molar refractivity (Wildman–Crippen MR) is 110 cm³/mol. The number of guanidine groups is 1. The summed E-state index contributed by atoms with van der Waals surface area (Å²) in [7, 11) is 1.41. The molecule has 136 valence electrons. The molecule has 0 bridgehead atoms. The lowest BCUT2D eigenvalue weighted by Gasteiger charge is -2.11. The Kier molecular flexibility index (Phi) is 13.7. The van der Waals surface area contributed by atoms with Gasteiger partial charge in [-0.3, -0.25) is 9.79 Å². The Morgan fingerprint density at radius 1 is 1.21 bits per heavy atom. The van der Waals surface area contributed by atoms with E-state index in [0.717, 1.165) is 43.3 Å². The van der Waals surface area contributed by atoms with E-state index in [9.17, 15) is 4.79 Å². The zero-order valence-corrected chi connectivity index (χ0v) is 17.4. The van der Waals surface area contributed by atoms with E-state index in [2.05, 4.69) is 20.4 Å². The monoisotopic (exact) mass is 467 g/mol. The number of unbranched alkanes of at least 4 members (excludes halogenated alkanes) is 1. The molecule has 1 aromatic rings. The number of nitrogens with zero attached hydrogens (tertiary/aromatic N) is 1. The quantitative estimate of drug-likeness (QED) is 0.192. The summed E-state index contributed by atoms with van der Waals surface area (Å²) in [5, 5.41) is 7.28. The normalized spacial score (nSPS) is 10.7. The number of rotatable bonds is 9. The van der Waals surface area contributed by atoms with Crippen LogP contribution in [0.1, 0.15) is 31.7 Å². The number of hydrogen-bond donors (Lipinski definition) is 2. The number of nitrogens with one attached hydrogen (secondary N) is 2. The molecule has 0 spiro atoms. The summed E-state index contributed by atoms with van der Waals surface area (Å²) < 4.78 is 4.61. The minimum absolute atomic E-state index is 0. The highest BCUT2D eigenvalue weighted by Gasteiger charge is 2.00. The minimum Gasteiger partial charge on any atom is -0.469 e. The largest absolute Gasteiger partial charge is 0.469 e. The number of ether oxygens (including phenoxy) is 1. The van der Waals surface area contributed by atoms with Crippen molar-refractivity contribution in [3.8, 4) is 0 Å². The van der Waals surface area contributed by atoms with Crippen LogP contribution in [0.2, 0.25) is 5.02 Å². The molecule has 0 unspecified atom stereocenters. The van der Waals surface area contributed by atoms with E-state index in [4.69, 9.17) is 11.6 Å². The van der Waals surface area contributed by atoms with Crippen LogP contribution in [0.3, 0.4) is 0 Å². The van der Waals surface area contributed by atoms with Gasteiger partial charge in [0.15, 0.2) is 5.96 Å². The Labute approximate surface area is 166 Å². The van der Waals surface area contributed by atoms with Crippen LogP contribution in [-0.2, 0) is 16.0 Å². The molecule has 0 saturated carbocycles. The van der Waals surface area contributed by atoms with E-state index >= 15 is 0 Å². The Hall–Kier alpha value is -1.02. The second-order valence-electron chi connectivity index (χ2n) is 5.10. The summed E-state index contributed by atoms with van der Waals surface area (Å²) >= 11 is 5.88. The first-order chi connectivity index (χ1) is 11.2. The molecular formula is C17H27ClIN3O2. The third-order valence-electron chi connectivity index (χ3n) is 3.25. The fourth-order valence-electron chi connectivity index (χ4n) is 1.99. The zero-order valence-electron chi connectivity index (χ0n) is 14.3. The van der Waals surface area contributed by atoms with Crippen LogP contribution in [0.5, 0.6) is 0 Å². The number of aliphatic imine (C=N–C) groups is 1. The van der Waals surface area contributed by atoms with E-state index in [-0.39, 0.29) is 29.9 Å². The van der Waals surface area contributed by atoms with E-state index in [1.165, 1.54) is 12.7 Å². The van der Waals surface area contributed by atoms with Crippen LogP contribution in [-0.4, -0.2) is 38.7 Å². The molecule has 0 radical (unpaired) electrons. The third kappa shape index (κ3) is 10.7. The number of benzene rings is 1. The molecule has 0 aromatic heterocycles. The molecule has 0 aliphatic carbocycles. The van der Waals surface area contributed by atoms with Crippen LogP contribution in [0.15, 0.2) is 29.3 Å². The van der Waals surface area contributed by atoms with Gasteiger partial charge in [-0.15, -0.1) is 24.0 Å². The smallest absolute Gasteiger partial charge is 0.305 e. The van der Waals surface area contributed by atoms with Gasteiger partial charge in [0.25, 0.3) is 0 Å². The first kappa shape index (κ1) is 23.0. The fourth-order valence-corrected chi connectivity index (χ4v) is 2.12. The topological polar surface area (TPSA) is 62.7 Å². The number of halogens is 2. The van der Waals surface area contributed by atoms with Crippen molar-refractivity contribution in [2.75, 3.05) is 26.7 Å². The molecule has 0 aliphatic rings. The van der Waals surface area contributed by atoms with Gasteiger partial charge in [0.1, 0.15) is 0 Å². The summed E-state index contributed by atoms with van der Waals surface area (Å²) in [5.41, 5.74) is 1.23. The van der Waals surface area contributed by atoms with Crippen LogP contribution in [0.4, 0.5) is 0 Å². The summed E-state index contributed by atoms with van der Waals surface area (Å²) in [6.07, 6.45) is 3.01. The van der Waals surface area contributed by atoms with Crippen LogP contribution in [0, 0.1) is 0 Å². The number of carbonyl (C=O) groups excluding carboxylic acids is 1. The standard InChI is InChI=1S/C17H26ClN3O2.HI/c1-3-19-17(20-12-5-4-6-16(22)23-2)21-13-11-14-7-9-15(18)10-8-14;/h7-10H,3-6,11-13H2,1-2H3,(H2,19,20,21);1H. The maximum Gasteiger partial charge on any atom is 0.305 e. The lowest BCUT2D eigenvalue weighted by Crippen LogP contribution is -2.38. The molecule has 2 N–H and O–H groups in total. The third-order valence-corrected chi connectivity index (χ3v) is 3.50. The van der Waals surface area contributed by atoms with Gasteiger partial charge in [0, 0.05) is 31.1 Å². The molecule has 0 fully saturated rings. The molecule has 0 amide bonds. The van der Waals surface area contributed by atoms with Crippen molar-refractivity contribution >= 4 is 47.5 Å². The van der Waals surface area contributed by atoms with Crippen LogP contribution < -0.4 is 10.6 Å². The van der Waals surface area contributed by atoms with Crippen molar-refractivity contribution in [1.82, 2.24) is 10.6 Å². The van der Waals surface area contributed by atoms with Gasteiger partial charge in [-0.1, -0.05) is 23.7 Å². The van der Waals surface area contributed by atoms with Crippen LogP contribution in [0.25, 0.3) is 0 Å². The summed E-state index contributed by atoms with van der Waals surface area (Å²) in [5.74, 6) is 0.640. The zero-order chi connectivity index (χ0) is 16.9. The second-order valence-corrected chi connectivity index (χ2v) is 5.53. The van der Waals surface area contributed by atoms with Gasteiger partial charge < -0.3 is 15.4 Å². The van der Waals surface area contributed by atoms with Gasteiger partial charge in [-0.2, -0.15) is 0 Å². The van der Waals surface area contributed by atoms with Gasteiger partial charge in [-0.25, -0.2) is 0 Å². The maximum atomic E-state index is 11.0. The molecular weight excluding hydrogens is 441 g/mol. The number of hydrogen-bond acceptors (Lipinski definition) is 3. The number of carbonyl (C=O) groups is 1. The van der Waals surface area contributed by atoms with E-state index < -0.39 is 0 Å². The highest BCUT2D eigenvalue weighted by atomic mass is 127. The Morgan fingerprint density at radius 2 is 1.92 bits per heavy atom. The molecule has 0 aliphatic heterocycles. The average molecular weight is 468 g/mol. The van der Waals surface area contributed by atoms with Gasteiger partial charge in [0.2, 0.25) is 0 Å². The van der Waals surface area contributed by atoms with Crippen molar-refractivity contribution in [2.24, 2.45) is 4.99 Å². The molecule has 24 heavy (non-hydrogen) atoms. The van der Waals surface area contributed by atoms with Gasteiger partial charge in [0.05, 0.1) is 7.11 Å². The molecule has 7 heteroatoms. The highest BCUT2D eigenvalue weighted by Crippen LogP contribution is 2.09. The molecule has 1 aromatic carbocycles. The number of methoxy groups -OCH3 is 1. The van der Waals surface area contributed by atoms with E-state index in [1.807, 2.05) is 31.2 Å². The molecule has 0 heterocycles. The van der Waals surface area contributed by atoms with Crippen molar-refractivity contribution in [3.05, 3.63) is 34.9 Å². The molecule has 0 saturated heterocycles. The van der Waals surface area contributed by atoms with Crippen molar-refractivity contribution in [1.29, 1.82) is 0 Å². The maximum absolute atomic E-state index is 11.0. The average Bonchev–Trinajstić information content (AvgIpc) is 2.56. The fraction of sp³-hybridized carbons (Fsp3) is 0.529. The Bertz CT molecular complexity index is 495. The summed E-state index contributed by atoms with van der Waals surface area (Å²) in [6.45, 7) is 4.34. The summed E-state index contributed by atoms with van der Waals surface area (Å²) in [4.78, 5) is 15.5.